The van der Waals surface area contributed by atoms with Gasteiger partial charge in [0.1, 0.15) is 11.8 Å². The van der Waals surface area contributed by atoms with Gasteiger partial charge >= 0.3 is 0 Å². The van der Waals surface area contributed by atoms with Gasteiger partial charge in [-0.2, -0.15) is 0 Å². The number of ether oxygens (including phenoxy) is 1. The minimum absolute atomic E-state index is 0.0684. The molecule has 2 aromatic carbocycles. The van der Waals surface area contributed by atoms with E-state index >= 15 is 0 Å². The Morgan fingerprint density at radius 1 is 1.04 bits per heavy atom. The van der Waals surface area contributed by atoms with E-state index in [1.807, 2.05) is 45.0 Å². The summed E-state index contributed by atoms with van der Waals surface area (Å²) in [4.78, 5) is 25.7. The molecule has 2 aromatic rings. The molecule has 0 radical (unpaired) electrons. The van der Waals surface area contributed by atoms with Crippen LogP contribution in [0.3, 0.4) is 0 Å². The fourth-order valence-electron chi connectivity index (χ4n) is 2.96. The molecule has 0 bridgehead atoms. The lowest BCUT2D eigenvalue weighted by Crippen LogP contribution is -2.50. The van der Waals surface area contributed by atoms with Gasteiger partial charge < -0.3 is 15.4 Å². The Morgan fingerprint density at radius 2 is 1.68 bits per heavy atom. The molecule has 0 heterocycles. The summed E-state index contributed by atoms with van der Waals surface area (Å²) in [5.41, 5.74) is 1.43. The largest absolute Gasteiger partial charge is 0.496 e. The van der Waals surface area contributed by atoms with Crippen molar-refractivity contribution < 1.29 is 14.3 Å². The van der Waals surface area contributed by atoms with E-state index in [1.165, 1.54) is 7.11 Å². The van der Waals surface area contributed by atoms with Crippen LogP contribution in [-0.2, 0) is 4.79 Å². The summed E-state index contributed by atoms with van der Waals surface area (Å²) in [7, 11) is 1.52. The van der Waals surface area contributed by atoms with Crippen molar-refractivity contribution in [3.05, 3.63) is 64.1 Å². The topological polar surface area (TPSA) is 67.4 Å². The number of carbonyl (C=O) groups is 2. The number of carbonyl (C=O) groups excluding carboxylic acids is 2. The standard InChI is InChI=1S/C22H27BrN2O3/c1-5-18(15-10-12-16(23)13-11-15)24-22(27)20(14(2)3)25-21(26)17-8-6-7-9-19(17)28-4/h6-14,18,20H,5H2,1-4H3,(H,24,27)(H,25,26)/t18-,20-/m0/s1. The van der Waals surface area contributed by atoms with Crippen LogP contribution in [-0.4, -0.2) is 25.0 Å². The molecule has 0 unspecified atom stereocenters. The Balaban J connectivity index is 2.14. The van der Waals surface area contributed by atoms with E-state index < -0.39 is 6.04 Å². The normalized spacial score (nSPS) is 12.9. The smallest absolute Gasteiger partial charge is 0.255 e. The van der Waals surface area contributed by atoms with E-state index in [4.69, 9.17) is 4.74 Å². The van der Waals surface area contributed by atoms with Gasteiger partial charge in [-0.15, -0.1) is 0 Å². The molecule has 0 fully saturated rings. The number of hydrogen-bond acceptors (Lipinski definition) is 3. The minimum atomic E-state index is -0.651. The highest BCUT2D eigenvalue weighted by Crippen LogP contribution is 2.21. The van der Waals surface area contributed by atoms with Gasteiger partial charge in [0.15, 0.2) is 0 Å². The van der Waals surface area contributed by atoms with E-state index in [0.717, 1.165) is 16.5 Å². The Morgan fingerprint density at radius 3 is 2.25 bits per heavy atom. The lowest BCUT2D eigenvalue weighted by atomic mass is 10.00. The van der Waals surface area contributed by atoms with Crippen LogP contribution in [0.5, 0.6) is 5.75 Å². The molecule has 0 aliphatic heterocycles. The number of hydrogen-bond donors (Lipinski definition) is 2. The van der Waals surface area contributed by atoms with E-state index in [9.17, 15) is 9.59 Å². The van der Waals surface area contributed by atoms with Gasteiger partial charge in [0, 0.05) is 4.47 Å². The number of nitrogens with one attached hydrogen (secondary N) is 2. The maximum absolute atomic E-state index is 12.9. The number of methoxy groups -OCH3 is 1. The quantitative estimate of drug-likeness (QED) is 0.627. The molecule has 28 heavy (non-hydrogen) atoms. The van der Waals surface area contributed by atoms with Gasteiger partial charge in [0.05, 0.1) is 18.7 Å². The van der Waals surface area contributed by atoms with Gasteiger partial charge in [-0.3, -0.25) is 9.59 Å². The molecule has 0 aliphatic rings. The molecule has 2 N–H and O–H groups in total. The molecule has 0 aliphatic carbocycles. The highest BCUT2D eigenvalue weighted by atomic mass is 79.9. The maximum atomic E-state index is 12.9. The zero-order valence-electron chi connectivity index (χ0n) is 16.7. The number of amides is 2. The predicted molar refractivity (Wildman–Crippen MR) is 114 cm³/mol. The van der Waals surface area contributed by atoms with E-state index in [2.05, 4.69) is 26.6 Å². The Bertz CT molecular complexity index is 806. The van der Waals surface area contributed by atoms with Crippen LogP contribution in [0.25, 0.3) is 0 Å². The van der Waals surface area contributed by atoms with Crippen LogP contribution >= 0.6 is 15.9 Å². The summed E-state index contributed by atoms with van der Waals surface area (Å²) in [5.74, 6) is -0.124. The first kappa shape index (κ1) is 22.0. The third kappa shape index (κ3) is 5.58. The summed E-state index contributed by atoms with van der Waals surface area (Å²) in [5, 5.41) is 5.93. The SMILES string of the molecule is CC[C@H](NC(=O)[C@@H](NC(=O)c1ccccc1OC)C(C)C)c1ccc(Br)cc1. The lowest BCUT2D eigenvalue weighted by molar-refractivity contribution is -0.124. The van der Waals surface area contributed by atoms with Gasteiger partial charge in [0.2, 0.25) is 5.91 Å². The second-order valence-electron chi connectivity index (χ2n) is 6.92. The number of rotatable bonds is 8. The Hall–Kier alpha value is -2.34. The van der Waals surface area contributed by atoms with E-state index in [-0.39, 0.29) is 23.8 Å². The van der Waals surface area contributed by atoms with Gasteiger partial charge in [-0.1, -0.05) is 61.0 Å². The molecular weight excluding hydrogens is 420 g/mol. The van der Waals surface area contributed by atoms with Crippen molar-refractivity contribution in [2.45, 2.75) is 39.3 Å². The first-order chi connectivity index (χ1) is 13.4. The molecule has 2 atom stereocenters. The first-order valence-electron chi connectivity index (χ1n) is 9.37. The molecule has 2 rings (SSSR count). The monoisotopic (exact) mass is 446 g/mol. The third-order valence-electron chi connectivity index (χ3n) is 4.58. The van der Waals surface area contributed by atoms with Crippen molar-refractivity contribution >= 4 is 27.7 Å². The Kier molecular flexibility index (Phi) is 8.05. The van der Waals surface area contributed by atoms with Gasteiger partial charge in [-0.25, -0.2) is 0 Å². The van der Waals surface area contributed by atoms with Crippen molar-refractivity contribution in [1.29, 1.82) is 0 Å². The molecule has 2 amide bonds. The molecule has 6 heteroatoms. The summed E-state index contributed by atoms with van der Waals surface area (Å²) < 4.78 is 6.24. The van der Waals surface area contributed by atoms with Crippen LogP contribution in [0, 0.1) is 5.92 Å². The van der Waals surface area contributed by atoms with Crippen LogP contribution in [0.4, 0.5) is 0 Å². The minimum Gasteiger partial charge on any atom is -0.496 e. The second kappa shape index (κ2) is 10.3. The van der Waals surface area contributed by atoms with Crippen LogP contribution in [0.2, 0.25) is 0 Å². The highest BCUT2D eigenvalue weighted by molar-refractivity contribution is 9.10. The third-order valence-corrected chi connectivity index (χ3v) is 5.11. The highest BCUT2D eigenvalue weighted by Gasteiger charge is 2.27. The fourth-order valence-corrected chi connectivity index (χ4v) is 3.23. The van der Waals surface area contributed by atoms with Crippen LogP contribution < -0.4 is 15.4 Å². The molecule has 150 valence electrons. The fraction of sp³-hybridized carbons (Fsp3) is 0.364. The number of para-hydroxylation sites is 1. The molecular formula is C22H27BrN2O3. The molecule has 0 spiro atoms. The summed E-state index contributed by atoms with van der Waals surface area (Å²) in [6.07, 6.45) is 0.749. The molecule has 0 saturated carbocycles. The summed E-state index contributed by atoms with van der Waals surface area (Å²) >= 11 is 3.43. The summed E-state index contributed by atoms with van der Waals surface area (Å²) in [6, 6.07) is 14.1. The summed E-state index contributed by atoms with van der Waals surface area (Å²) in [6.45, 7) is 5.84. The molecule has 0 aromatic heterocycles. The second-order valence-corrected chi connectivity index (χ2v) is 7.83. The van der Waals surface area contributed by atoms with Crippen molar-refractivity contribution in [3.8, 4) is 5.75 Å². The van der Waals surface area contributed by atoms with Crippen LogP contribution in [0.1, 0.15) is 49.2 Å². The lowest BCUT2D eigenvalue weighted by Gasteiger charge is -2.25. The zero-order valence-corrected chi connectivity index (χ0v) is 18.2. The predicted octanol–water partition coefficient (Wildman–Crippen LogP) is 4.48. The maximum Gasteiger partial charge on any atom is 0.255 e. The van der Waals surface area contributed by atoms with Gasteiger partial charge in [0.25, 0.3) is 5.91 Å². The first-order valence-corrected chi connectivity index (χ1v) is 10.2. The Labute approximate surface area is 175 Å². The van der Waals surface area contributed by atoms with E-state index in [1.54, 1.807) is 24.3 Å². The van der Waals surface area contributed by atoms with Crippen molar-refractivity contribution in [2.24, 2.45) is 5.92 Å². The number of halogens is 1. The average molecular weight is 447 g/mol. The van der Waals surface area contributed by atoms with E-state index in [0.29, 0.717) is 11.3 Å². The molecule has 0 saturated heterocycles. The zero-order chi connectivity index (χ0) is 20.7. The van der Waals surface area contributed by atoms with Crippen molar-refractivity contribution in [1.82, 2.24) is 10.6 Å². The van der Waals surface area contributed by atoms with Gasteiger partial charge in [-0.05, 0) is 42.2 Å². The molecule has 5 nitrogen and oxygen atoms in total. The van der Waals surface area contributed by atoms with Crippen molar-refractivity contribution in [2.75, 3.05) is 7.11 Å². The average Bonchev–Trinajstić information content (AvgIpc) is 2.70. The van der Waals surface area contributed by atoms with Crippen molar-refractivity contribution in [3.63, 3.8) is 0 Å². The van der Waals surface area contributed by atoms with Crippen LogP contribution in [0.15, 0.2) is 53.0 Å². The number of benzene rings is 2.